The normalized spacial score (nSPS) is 12.0. The van der Waals surface area contributed by atoms with Gasteiger partial charge in [-0.2, -0.15) is 0 Å². The van der Waals surface area contributed by atoms with Crippen LogP contribution in [0.1, 0.15) is 0 Å². The van der Waals surface area contributed by atoms with E-state index in [0.29, 0.717) is 0 Å². The molecule has 4 rings (SSSR count). The summed E-state index contributed by atoms with van der Waals surface area (Å²) >= 11 is 0. The van der Waals surface area contributed by atoms with Gasteiger partial charge in [0, 0.05) is 22.8 Å². The van der Waals surface area contributed by atoms with Gasteiger partial charge in [0.2, 0.25) is 0 Å². The summed E-state index contributed by atoms with van der Waals surface area (Å²) in [6.45, 7) is 0. The molecule has 0 bridgehead atoms. The van der Waals surface area contributed by atoms with Crippen LogP contribution in [0.25, 0.3) is 22.0 Å². The smallest absolute Gasteiger partial charge is 0.139 e. The molecule has 2 heterocycles. The topological polar surface area (TPSA) is 45.2 Å². The van der Waals surface area contributed by atoms with E-state index in [-0.39, 0.29) is 5.75 Å². The third-order valence-electron chi connectivity index (χ3n) is 3.36. The fourth-order valence-electron chi connectivity index (χ4n) is 2.55. The number of phenolic OH excluding ortho intramolecular Hbond substituents is 1. The molecular formula is C15H10N2O. The summed E-state index contributed by atoms with van der Waals surface area (Å²) in [6, 6.07) is 13.6. The van der Waals surface area contributed by atoms with E-state index in [1.54, 1.807) is 12.3 Å². The highest BCUT2D eigenvalue weighted by atomic mass is 16.3. The number of phenols is 1. The minimum Gasteiger partial charge on any atom is -0.506 e. The van der Waals surface area contributed by atoms with Gasteiger partial charge in [-0.3, -0.25) is 4.98 Å². The molecule has 1 aromatic heterocycles. The second-order valence-electron chi connectivity index (χ2n) is 4.38. The summed E-state index contributed by atoms with van der Waals surface area (Å²) in [5, 5.41) is 14.3. The zero-order valence-electron chi connectivity index (χ0n) is 9.51. The van der Waals surface area contributed by atoms with Crippen LogP contribution in [0.5, 0.6) is 5.75 Å². The number of para-hydroxylation sites is 1. The van der Waals surface area contributed by atoms with Crippen molar-refractivity contribution in [3.63, 3.8) is 0 Å². The average Bonchev–Trinajstić information content (AvgIpc) is 2.43. The highest BCUT2D eigenvalue weighted by Gasteiger charge is 2.20. The Balaban J connectivity index is 2.23. The molecular weight excluding hydrogens is 224 g/mol. The van der Waals surface area contributed by atoms with Crippen molar-refractivity contribution in [2.75, 3.05) is 5.32 Å². The molecule has 2 N–H and O–H groups in total. The van der Waals surface area contributed by atoms with Gasteiger partial charge >= 0.3 is 0 Å². The van der Waals surface area contributed by atoms with Crippen LogP contribution in [-0.4, -0.2) is 10.1 Å². The summed E-state index contributed by atoms with van der Waals surface area (Å²) in [7, 11) is 0. The highest BCUT2D eigenvalue weighted by molar-refractivity contribution is 6.11. The number of fused-ring (bicyclic) bond motifs is 2. The van der Waals surface area contributed by atoms with Crippen LogP contribution in [0.2, 0.25) is 0 Å². The molecule has 0 radical (unpaired) electrons. The maximum absolute atomic E-state index is 10.0. The molecule has 0 saturated heterocycles. The number of benzene rings is 2. The predicted octanol–water partition coefficient (Wildman–Crippen LogP) is 3.66. The lowest BCUT2D eigenvalue weighted by atomic mass is 9.95. The lowest BCUT2D eigenvalue weighted by molar-refractivity contribution is 0.478. The summed E-state index contributed by atoms with van der Waals surface area (Å²) in [5.74, 6) is 0.256. The highest BCUT2D eigenvalue weighted by Crippen LogP contribution is 2.46. The van der Waals surface area contributed by atoms with Gasteiger partial charge in [-0.1, -0.05) is 18.2 Å². The molecule has 3 aromatic rings. The Morgan fingerprint density at radius 3 is 2.78 bits per heavy atom. The van der Waals surface area contributed by atoms with Crippen LogP contribution in [-0.2, 0) is 0 Å². The number of nitrogens with one attached hydrogen (secondary N) is 1. The van der Waals surface area contributed by atoms with Crippen molar-refractivity contribution in [3.8, 4) is 16.9 Å². The number of aromatic nitrogens is 1. The van der Waals surface area contributed by atoms with Crippen LogP contribution < -0.4 is 5.32 Å². The van der Waals surface area contributed by atoms with E-state index in [0.717, 1.165) is 33.4 Å². The van der Waals surface area contributed by atoms with Crippen molar-refractivity contribution >= 4 is 22.3 Å². The first-order valence-corrected chi connectivity index (χ1v) is 5.82. The number of hydrogen-bond acceptors (Lipinski definition) is 3. The van der Waals surface area contributed by atoms with Crippen LogP contribution in [0, 0.1) is 0 Å². The van der Waals surface area contributed by atoms with E-state index in [1.807, 2.05) is 30.3 Å². The van der Waals surface area contributed by atoms with Crippen LogP contribution in [0.4, 0.5) is 11.4 Å². The first-order chi connectivity index (χ1) is 8.84. The van der Waals surface area contributed by atoms with Crippen molar-refractivity contribution < 1.29 is 5.11 Å². The minimum absolute atomic E-state index is 0.256. The Bertz CT molecular complexity index is 781. The van der Waals surface area contributed by atoms with Gasteiger partial charge in [0.25, 0.3) is 0 Å². The first kappa shape index (κ1) is 9.48. The quantitative estimate of drug-likeness (QED) is 0.456. The fourth-order valence-corrected chi connectivity index (χ4v) is 2.55. The van der Waals surface area contributed by atoms with E-state index < -0.39 is 0 Å². The number of anilines is 2. The number of aromatic hydroxyl groups is 1. The van der Waals surface area contributed by atoms with Gasteiger partial charge in [-0.05, 0) is 29.8 Å². The van der Waals surface area contributed by atoms with Crippen molar-refractivity contribution in [1.29, 1.82) is 0 Å². The van der Waals surface area contributed by atoms with E-state index in [9.17, 15) is 5.11 Å². The van der Waals surface area contributed by atoms with Crippen molar-refractivity contribution in [3.05, 3.63) is 48.7 Å². The molecule has 0 fully saturated rings. The van der Waals surface area contributed by atoms with Gasteiger partial charge in [0.1, 0.15) is 5.75 Å². The van der Waals surface area contributed by atoms with Gasteiger partial charge in [-0.15, -0.1) is 0 Å². The van der Waals surface area contributed by atoms with E-state index >= 15 is 0 Å². The SMILES string of the molecule is Oc1ccc2nccc3c2c1Nc1ccccc1-3. The Morgan fingerprint density at radius 1 is 0.944 bits per heavy atom. The number of nitrogens with zero attached hydrogens (tertiary/aromatic N) is 1. The van der Waals surface area contributed by atoms with Gasteiger partial charge in [0.15, 0.2) is 0 Å². The molecule has 86 valence electrons. The molecule has 0 spiro atoms. The first-order valence-electron chi connectivity index (χ1n) is 5.82. The number of rotatable bonds is 0. The molecule has 3 heteroatoms. The van der Waals surface area contributed by atoms with Crippen LogP contribution >= 0.6 is 0 Å². The molecule has 1 aliphatic rings. The standard InChI is InChI=1S/C15H10N2O/c18-13-6-5-12-14-10(7-8-16-12)9-3-1-2-4-11(9)17-15(13)14/h1-8,17-18H. The van der Waals surface area contributed by atoms with E-state index in [4.69, 9.17) is 0 Å². The molecule has 0 aliphatic carbocycles. The second-order valence-corrected chi connectivity index (χ2v) is 4.38. The Labute approximate surface area is 104 Å². The molecule has 0 amide bonds. The van der Waals surface area contributed by atoms with Crippen molar-refractivity contribution in [2.24, 2.45) is 0 Å². The van der Waals surface area contributed by atoms with Gasteiger partial charge in [-0.25, -0.2) is 0 Å². The summed E-state index contributed by atoms with van der Waals surface area (Å²) < 4.78 is 0. The summed E-state index contributed by atoms with van der Waals surface area (Å²) in [5.41, 5.74) is 4.90. The Morgan fingerprint density at radius 2 is 1.83 bits per heavy atom. The monoisotopic (exact) mass is 234 g/mol. The molecule has 0 saturated carbocycles. The largest absolute Gasteiger partial charge is 0.506 e. The predicted molar refractivity (Wildman–Crippen MR) is 72.1 cm³/mol. The average molecular weight is 234 g/mol. The van der Waals surface area contributed by atoms with Gasteiger partial charge in [0.05, 0.1) is 11.2 Å². The summed E-state index contributed by atoms with van der Waals surface area (Å²) in [6.07, 6.45) is 1.81. The third-order valence-corrected chi connectivity index (χ3v) is 3.36. The maximum Gasteiger partial charge on any atom is 0.139 e. The third kappa shape index (κ3) is 1.10. The molecule has 3 nitrogen and oxygen atoms in total. The Kier molecular flexibility index (Phi) is 1.70. The van der Waals surface area contributed by atoms with Crippen molar-refractivity contribution in [2.45, 2.75) is 0 Å². The molecule has 0 unspecified atom stereocenters. The lowest BCUT2D eigenvalue weighted by Gasteiger charge is -2.22. The fraction of sp³-hybridized carbons (Fsp3) is 0. The van der Waals surface area contributed by atoms with E-state index in [1.165, 1.54) is 0 Å². The number of pyridine rings is 1. The van der Waals surface area contributed by atoms with Crippen molar-refractivity contribution in [1.82, 2.24) is 4.98 Å². The molecule has 1 aliphatic heterocycles. The summed E-state index contributed by atoms with van der Waals surface area (Å²) in [4.78, 5) is 4.35. The van der Waals surface area contributed by atoms with Crippen LogP contribution in [0.15, 0.2) is 48.7 Å². The molecule has 18 heavy (non-hydrogen) atoms. The number of hydrogen-bond donors (Lipinski definition) is 2. The molecule has 2 aromatic carbocycles. The zero-order chi connectivity index (χ0) is 12.1. The molecule has 0 atom stereocenters. The minimum atomic E-state index is 0.256. The van der Waals surface area contributed by atoms with Gasteiger partial charge < -0.3 is 10.4 Å². The lowest BCUT2D eigenvalue weighted by Crippen LogP contribution is -2.01. The van der Waals surface area contributed by atoms with Crippen LogP contribution in [0.3, 0.4) is 0 Å². The second kappa shape index (κ2) is 3.23. The maximum atomic E-state index is 10.0. The van der Waals surface area contributed by atoms with E-state index in [2.05, 4.69) is 16.4 Å². The Hall–Kier alpha value is -2.55. The zero-order valence-corrected chi connectivity index (χ0v) is 9.51.